The topological polar surface area (TPSA) is 106 Å². The van der Waals surface area contributed by atoms with E-state index < -0.39 is 14.8 Å². The molecule has 0 saturated heterocycles. The van der Waals surface area contributed by atoms with Crippen molar-refractivity contribution in [1.29, 1.82) is 0 Å². The van der Waals surface area contributed by atoms with E-state index in [-0.39, 0.29) is 12.2 Å². The van der Waals surface area contributed by atoms with Gasteiger partial charge in [0, 0.05) is 30.1 Å². The quantitative estimate of drug-likeness (QED) is 0.624. The standard InChI is InChI=1S/C21H23N3O3S/c1-14-6-8-18(15(2)11-14)20(25)19-9-7-17(24-19)12-21(3,28(22,26)27)16-5-4-10-23-13-16/h4-11,13,24H,12H2,1-3H3,(H2,22,26,27). The molecular weight excluding hydrogens is 374 g/mol. The van der Waals surface area contributed by atoms with Crippen LogP contribution in [0.25, 0.3) is 0 Å². The SMILES string of the molecule is Cc1ccc(C(=O)c2ccc(CC(C)(c3cccnc3)S(N)(=O)=O)[nH]2)c(C)c1. The van der Waals surface area contributed by atoms with Crippen LogP contribution in [-0.4, -0.2) is 24.2 Å². The van der Waals surface area contributed by atoms with Crippen LogP contribution >= 0.6 is 0 Å². The molecule has 3 N–H and O–H groups in total. The lowest BCUT2D eigenvalue weighted by molar-refractivity contribution is 0.103. The Morgan fingerprint density at radius 1 is 1.18 bits per heavy atom. The molecule has 1 aromatic carbocycles. The van der Waals surface area contributed by atoms with Crippen LogP contribution < -0.4 is 5.14 Å². The molecule has 0 aliphatic rings. The maximum absolute atomic E-state index is 12.8. The van der Waals surface area contributed by atoms with Crippen molar-refractivity contribution in [2.45, 2.75) is 31.9 Å². The molecule has 1 unspecified atom stereocenters. The molecule has 146 valence electrons. The lowest BCUT2D eigenvalue weighted by Gasteiger charge is -2.26. The molecule has 0 aliphatic carbocycles. The molecule has 0 saturated carbocycles. The summed E-state index contributed by atoms with van der Waals surface area (Å²) in [6.07, 6.45) is 3.16. The summed E-state index contributed by atoms with van der Waals surface area (Å²) in [7, 11) is -3.94. The Kier molecular flexibility index (Phi) is 5.23. The average Bonchev–Trinajstić information content (AvgIpc) is 3.09. The maximum Gasteiger partial charge on any atom is 0.219 e. The van der Waals surface area contributed by atoms with Gasteiger partial charge in [0.15, 0.2) is 0 Å². The van der Waals surface area contributed by atoms with Crippen molar-refractivity contribution < 1.29 is 13.2 Å². The van der Waals surface area contributed by atoms with Gasteiger partial charge in [0.25, 0.3) is 0 Å². The number of nitrogens with two attached hydrogens (primary N) is 1. The zero-order valence-electron chi connectivity index (χ0n) is 16.1. The van der Waals surface area contributed by atoms with Crippen molar-refractivity contribution >= 4 is 15.8 Å². The van der Waals surface area contributed by atoms with E-state index in [4.69, 9.17) is 5.14 Å². The van der Waals surface area contributed by atoms with Crippen LogP contribution in [-0.2, 0) is 21.2 Å². The number of hydrogen-bond donors (Lipinski definition) is 2. The van der Waals surface area contributed by atoms with Gasteiger partial charge in [-0.05, 0) is 50.1 Å². The molecule has 0 aliphatic heterocycles. The number of H-pyrrole nitrogens is 1. The highest BCUT2D eigenvalue weighted by Gasteiger charge is 2.39. The molecule has 3 rings (SSSR count). The number of hydrogen-bond acceptors (Lipinski definition) is 4. The molecule has 1 atom stereocenters. The number of pyridine rings is 1. The highest BCUT2D eigenvalue weighted by molar-refractivity contribution is 7.90. The normalized spacial score (nSPS) is 13.9. The number of ketones is 1. The Morgan fingerprint density at radius 2 is 1.93 bits per heavy atom. The van der Waals surface area contributed by atoms with E-state index in [0.29, 0.717) is 22.5 Å². The highest BCUT2D eigenvalue weighted by atomic mass is 32.2. The number of carbonyl (C=O) groups is 1. The van der Waals surface area contributed by atoms with Gasteiger partial charge in [-0.25, -0.2) is 13.6 Å². The lowest BCUT2D eigenvalue weighted by atomic mass is 9.97. The van der Waals surface area contributed by atoms with Gasteiger partial charge in [0.2, 0.25) is 15.8 Å². The molecule has 7 heteroatoms. The Hall–Kier alpha value is -2.77. The second-order valence-corrected chi connectivity index (χ2v) is 9.23. The number of sulfonamides is 1. The van der Waals surface area contributed by atoms with Gasteiger partial charge in [-0.15, -0.1) is 0 Å². The van der Waals surface area contributed by atoms with E-state index in [0.717, 1.165) is 11.1 Å². The fraction of sp³-hybridized carbons (Fsp3) is 0.238. The van der Waals surface area contributed by atoms with E-state index in [2.05, 4.69) is 9.97 Å². The largest absolute Gasteiger partial charge is 0.356 e. The minimum Gasteiger partial charge on any atom is -0.356 e. The third kappa shape index (κ3) is 3.76. The fourth-order valence-electron chi connectivity index (χ4n) is 3.30. The van der Waals surface area contributed by atoms with Gasteiger partial charge >= 0.3 is 0 Å². The van der Waals surface area contributed by atoms with Crippen molar-refractivity contribution in [3.8, 4) is 0 Å². The number of rotatable bonds is 6. The summed E-state index contributed by atoms with van der Waals surface area (Å²) in [6, 6.07) is 12.4. The first-order valence-electron chi connectivity index (χ1n) is 8.84. The van der Waals surface area contributed by atoms with Crippen molar-refractivity contribution in [2.24, 2.45) is 5.14 Å². The van der Waals surface area contributed by atoms with Gasteiger partial charge in [0.05, 0.1) is 5.69 Å². The molecule has 6 nitrogen and oxygen atoms in total. The molecule has 0 spiro atoms. The van der Waals surface area contributed by atoms with Crippen molar-refractivity contribution in [1.82, 2.24) is 9.97 Å². The monoisotopic (exact) mass is 397 g/mol. The lowest BCUT2D eigenvalue weighted by Crippen LogP contribution is -2.40. The number of aromatic amines is 1. The number of aryl methyl sites for hydroxylation is 2. The van der Waals surface area contributed by atoms with E-state index in [1.807, 2.05) is 26.0 Å². The Labute approximate surface area is 164 Å². The number of carbonyl (C=O) groups excluding carboxylic acids is 1. The first-order valence-corrected chi connectivity index (χ1v) is 10.4. The molecule has 28 heavy (non-hydrogen) atoms. The number of nitrogens with zero attached hydrogens (tertiary/aromatic N) is 1. The van der Waals surface area contributed by atoms with Crippen LogP contribution in [0, 0.1) is 13.8 Å². The summed E-state index contributed by atoms with van der Waals surface area (Å²) >= 11 is 0. The smallest absolute Gasteiger partial charge is 0.219 e. The molecule has 2 aromatic heterocycles. The van der Waals surface area contributed by atoms with E-state index in [1.54, 1.807) is 43.5 Å². The molecule has 3 aromatic rings. The molecule has 2 heterocycles. The summed E-state index contributed by atoms with van der Waals surface area (Å²) in [5, 5.41) is 5.55. The van der Waals surface area contributed by atoms with Crippen LogP contribution in [0.2, 0.25) is 0 Å². The number of nitrogens with one attached hydrogen (secondary N) is 1. The van der Waals surface area contributed by atoms with Gasteiger partial charge < -0.3 is 4.98 Å². The fourth-order valence-corrected chi connectivity index (χ4v) is 4.10. The molecule has 0 amide bonds. The number of benzene rings is 1. The number of primary sulfonamides is 1. The Bertz CT molecular complexity index is 1120. The van der Waals surface area contributed by atoms with E-state index >= 15 is 0 Å². The predicted octanol–water partition coefficient (Wildman–Crippen LogP) is 3.00. The van der Waals surface area contributed by atoms with Crippen molar-refractivity contribution in [2.75, 3.05) is 0 Å². The van der Waals surface area contributed by atoms with Crippen LogP contribution in [0.3, 0.4) is 0 Å². The average molecular weight is 398 g/mol. The second kappa shape index (κ2) is 7.33. The van der Waals surface area contributed by atoms with Crippen LogP contribution in [0.1, 0.15) is 45.4 Å². The second-order valence-electron chi connectivity index (χ2n) is 7.24. The Balaban J connectivity index is 1.94. The maximum atomic E-state index is 12.8. The summed E-state index contributed by atoms with van der Waals surface area (Å²) in [5.74, 6) is -0.137. The summed E-state index contributed by atoms with van der Waals surface area (Å²) in [4.78, 5) is 19.9. The third-order valence-corrected chi connectivity index (χ3v) is 6.68. The van der Waals surface area contributed by atoms with Gasteiger partial charge in [0.1, 0.15) is 4.75 Å². The van der Waals surface area contributed by atoms with Gasteiger partial charge in [-0.2, -0.15) is 0 Å². The number of aromatic nitrogens is 2. The van der Waals surface area contributed by atoms with Crippen LogP contribution in [0.4, 0.5) is 0 Å². The van der Waals surface area contributed by atoms with Crippen molar-refractivity contribution in [3.05, 3.63) is 88.5 Å². The zero-order chi connectivity index (χ0) is 20.5. The highest BCUT2D eigenvalue weighted by Crippen LogP contribution is 2.31. The van der Waals surface area contributed by atoms with Crippen molar-refractivity contribution in [3.63, 3.8) is 0 Å². The van der Waals surface area contributed by atoms with E-state index in [1.165, 1.54) is 6.20 Å². The molecule has 0 radical (unpaired) electrons. The third-order valence-electron chi connectivity index (χ3n) is 5.05. The minimum atomic E-state index is -3.94. The summed E-state index contributed by atoms with van der Waals surface area (Å²) < 4.78 is 23.4. The molecule has 0 fully saturated rings. The van der Waals surface area contributed by atoms with Gasteiger partial charge in [-0.1, -0.05) is 29.8 Å². The minimum absolute atomic E-state index is 0.0949. The van der Waals surface area contributed by atoms with Crippen LogP contribution in [0.15, 0.2) is 54.9 Å². The first-order chi connectivity index (χ1) is 13.1. The molecular formula is C21H23N3O3S. The van der Waals surface area contributed by atoms with Gasteiger partial charge in [-0.3, -0.25) is 9.78 Å². The van der Waals surface area contributed by atoms with E-state index in [9.17, 15) is 13.2 Å². The Morgan fingerprint density at radius 3 is 2.54 bits per heavy atom. The van der Waals surface area contributed by atoms with Crippen LogP contribution in [0.5, 0.6) is 0 Å². The summed E-state index contributed by atoms with van der Waals surface area (Å²) in [5.41, 5.74) is 4.10. The molecule has 0 bridgehead atoms. The summed E-state index contributed by atoms with van der Waals surface area (Å²) in [6.45, 7) is 5.43. The first kappa shape index (κ1) is 20.0. The predicted molar refractivity (Wildman–Crippen MR) is 109 cm³/mol. The zero-order valence-corrected chi connectivity index (χ0v) is 16.9.